The van der Waals surface area contributed by atoms with E-state index in [4.69, 9.17) is 23.8 Å². The summed E-state index contributed by atoms with van der Waals surface area (Å²) in [6.45, 7) is 3.09. The van der Waals surface area contributed by atoms with E-state index in [1.54, 1.807) is 23.0 Å². The van der Waals surface area contributed by atoms with Gasteiger partial charge in [0.25, 0.3) is 0 Å². The zero-order valence-corrected chi connectivity index (χ0v) is 18.3. The number of nitrogens with zero attached hydrogens (tertiary/aromatic N) is 4. The van der Waals surface area contributed by atoms with Crippen LogP contribution in [0.2, 0.25) is 5.02 Å². The minimum absolute atomic E-state index is 0.257. The molecule has 0 aliphatic rings. The van der Waals surface area contributed by atoms with Crippen molar-refractivity contribution in [2.24, 2.45) is 0 Å². The Morgan fingerprint density at radius 1 is 1.10 bits per heavy atom. The fourth-order valence-corrected chi connectivity index (χ4v) is 3.51. The highest BCUT2D eigenvalue weighted by atomic mass is 35.5. The van der Waals surface area contributed by atoms with Gasteiger partial charge >= 0.3 is 0 Å². The highest BCUT2D eigenvalue weighted by Crippen LogP contribution is 2.18. The van der Waals surface area contributed by atoms with Gasteiger partial charge in [0.05, 0.1) is 25.0 Å². The Morgan fingerprint density at radius 3 is 2.65 bits per heavy atom. The highest BCUT2D eigenvalue weighted by Gasteiger charge is 2.09. The SMILES string of the molecule is Cc1cc(NC(=S)Nc2cnn(Cc3ccc(F)cc3)c2)nn1Cc1ccccc1Cl. The lowest BCUT2D eigenvalue weighted by Gasteiger charge is -2.07. The molecule has 0 bridgehead atoms. The van der Waals surface area contributed by atoms with Crippen molar-refractivity contribution in [3.05, 3.63) is 94.7 Å². The molecule has 0 amide bonds. The Hall–Kier alpha value is -3.23. The topological polar surface area (TPSA) is 59.7 Å². The van der Waals surface area contributed by atoms with E-state index in [2.05, 4.69) is 20.8 Å². The van der Waals surface area contributed by atoms with Crippen molar-refractivity contribution in [3.63, 3.8) is 0 Å². The van der Waals surface area contributed by atoms with Gasteiger partial charge in [0.15, 0.2) is 10.9 Å². The number of halogens is 2. The van der Waals surface area contributed by atoms with Crippen LogP contribution < -0.4 is 10.6 Å². The molecule has 0 atom stereocenters. The summed E-state index contributed by atoms with van der Waals surface area (Å²) in [4.78, 5) is 0. The third kappa shape index (κ3) is 5.48. The maximum absolute atomic E-state index is 13.0. The van der Waals surface area contributed by atoms with Gasteiger partial charge in [-0.3, -0.25) is 9.36 Å². The van der Waals surface area contributed by atoms with Crippen LogP contribution in [0.15, 0.2) is 67.0 Å². The molecule has 2 aromatic carbocycles. The van der Waals surface area contributed by atoms with Crippen LogP contribution in [0.1, 0.15) is 16.8 Å². The highest BCUT2D eigenvalue weighted by molar-refractivity contribution is 7.80. The Labute approximate surface area is 189 Å². The molecule has 158 valence electrons. The average molecular weight is 455 g/mol. The molecule has 4 aromatic rings. The summed E-state index contributed by atoms with van der Waals surface area (Å²) in [6, 6.07) is 16.0. The molecule has 0 aliphatic heterocycles. The van der Waals surface area contributed by atoms with Crippen molar-refractivity contribution >= 4 is 40.4 Å². The molecule has 6 nitrogen and oxygen atoms in total. The summed E-state index contributed by atoms with van der Waals surface area (Å²) >= 11 is 11.7. The monoisotopic (exact) mass is 454 g/mol. The Morgan fingerprint density at radius 2 is 1.87 bits per heavy atom. The smallest absolute Gasteiger partial charge is 0.176 e. The normalized spacial score (nSPS) is 10.8. The van der Waals surface area contributed by atoms with Crippen LogP contribution in [0.5, 0.6) is 0 Å². The molecule has 2 heterocycles. The molecule has 0 saturated carbocycles. The van der Waals surface area contributed by atoms with Crippen LogP contribution in [-0.4, -0.2) is 24.7 Å². The van der Waals surface area contributed by atoms with Crippen LogP contribution >= 0.6 is 23.8 Å². The van der Waals surface area contributed by atoms with Crippen molar-refractivity contribution in [1.29, 1.82) is 0 Å². The Balaban J connectivity index is 1.35. The van der Waals surface area contributed by atoms with E-state index in [9.17, 15) is 4.39 Å². The number of thiocarbonyl (C=S) groups is 1. The maximum atomic E-state index is 13.0. The van der Waals surface area contributed by atoms with E-state index in [0.717, 1.165) is 22.5 Å². The molecular weight excluding hydrogens is 435 g/mol. The Bertz CT molecular complexity index is 1200. The molecule has 2 aromatic heterocycles. The van der Waals surface area contributed by atoms with Gasteiger partial charge in [0.1, 0.15) is 5.82 Å². The zero-order valence-electron chi connectivity index (χ0n) is 16.7. The first-order valence-electron chi connectivity index (χ1n) is 9.59. The standard InChI is InChI=1S/C22H20ClFN6S/c1-15-10-21(28-30(15)13-17-4-2-3-5-20(17)23)27-22(31)26-19-11-25-29(14-19)12-16-6-8-18(24)9-7-16/h2-11,14H,12-13H2,1H3,(H2,26,27,28,31). The lowest BCUT2D eigenvalue weighted by atomic mass is 10.2. The van der Waals surface area contributed by atoms with Crippen molar-refractivity contribution in [2.75, 3.05) is 10.6 Å². The number of anilines is 2. The molecule has 0 radical (unpaired) electrons. The van der Waals surface area contributed by atoms with Gasteiger partial charge in [-0.15, -0.1) is 0 Å². The van der Waals surface area contributed by atoms with Crippen LogP contribution in [0.25, 0.3) is 0 Å². The molecule has 0 saturated heterocycles. The second-order valence-corrected chi connectivity index (χ2v) is 7.87. The minimum atomic E-state index is -0.257. The van der Waals surface area contributed by atoms with Crippen LogP contribution in [0, 0.1) is 12.7 Å². The lowest BCUT2D eigenvalue weighted by Crippen LogP contribution is -2.19. The molecule has 0 unspecified atom stereocenters. The third-order valence-electron chi connectivity index (χ3n) is 4.65. The minimum Gasteiger partial charge on any atom is -0.330 e. The van der Waals surface area contributed by atoms with Crippen LogP contribution in [-0.2, 0) is 13.1 Å². The van der Waals surface area contributed by atoms with Crippen molar-refractivity contribution < 1.29 is 4.39 Å². The summed E-state index contributed by atoms with van der Waals surface area (Å²) in [5.74, 6) is 0.383. The fraction of sp³-hybridized carbons (Fsp3) is 0.136. The molecule has 0 aliphatic carbocycles. The summed E-state index contributed by atoms with van der Waals surface area (Å²) < 4.78 is 16.7. The second kappa shape index (κ2) is 9.28. The van der Waals surface area contributed by atoms with Gasteiger partial charge < -0.3 is 10.6 Å². The summed E-state index contributed by atoms with van der Waals surface area (Å²) in [5.41, 5.74) is 3.68. The number of rotatable bonds is 6. The van der Waals surface area contributed by atoms with E-state index in [0.29, 0.717) is 29.0 Å². The van der Waals surface area contributed by atoms with Gasteiger partial charge in [0.2, 0.25) is 0 Å². The van der Waals surface area contributed by atoms with E-state index < -0.39 is 0 Å². The largest absolute Gasteiger partial charge is 0.330 e. The molecule has 0 fully saturated rings. The van der Waals surface area contributed by atoms with E-state index in [-0.39, 0.29) is 5.82 Å². The molecule has 2 N–H and O–H groups in total. The first-order chi connectivity index (χ1) is 15.0. The third-order valence-corrected chi connectivity index (χ3v) is 5.22. The summed E-state index contributed by atoms with van der Waals surface area (Å²) in [6.07, 6.45) is 3.51. The fourth-order valence-electron chi connectivity index (χ4n) is 3.09. The number of hydrogen-bond donors (Lipinski definition) is 2. The predicted molar refractivity (Wildman–Crippen MR) is 125 cm³/mol. The van der Waals surface area contributed by atoms with Crippen LogP contribution in [0.4, 0.5) is 15.9 Å². The summed E-state index contributed by atoms with van der Waals surface area (Å²) in [7, 11) is 0. The number of benzene rings is 2. The first-order valence-corrected chi connectivity index (χ1v) is 10.4. The average Bonchev–Trinajstić information content (AvgIpc) is 3.31. The van der Waals surface area contributed by atoms with Crippen molar-refractivity contribution in [1.82, 2.24) is 19.6 Å². The molecular formula is C22H20ClFN6S. The molecule has 31 heavy (non-hydrogen) atoms. The van der Waals surface area contributed by atoms with Gasteiger partial charge in [-0.1, -0.05) is 41.9 Å². The second-order valence-electron chi connectivity index (χ2n) is 7.05. The number of aromatic nitrogens is 4. The van der Waals surface area contributed by atoms with E-state index >= 15 is 0 Å². The predicted octanol–water partition coefficient (Wildman–Crippen LogP) is 5.09. The Kier molecular flexibility index (Phi) is 6.29. The number of aryl methyl sites for hydroxylation is 1. The van der Waals surface area contributed by atoms with Crippen molar-refractivity contribution in [3.8, 4) is 0 Å². The van der Waals surface area contributed by atoms with Gasteiger partial charge in [0, 0.05) is 23.0 Å². The van der Waals surface area contributed by atoms with E-state index in [1.807, 2.05) is 48.1 Å². The van der Waals surface area contributed by atoms with E-state index in [1.165, 1.54) is 12.1 Å². The van der Waals surface area contributed by atoms with Gasteiger partial charge in [-0.2, -0.15) is 10.2 Å². The van der Waals surface area contributed by atoms with Gasteiger partial charge in [-0.05, 0) is 48.5 Å². The number of hydrogen-bond acceptors (Lipinski definition) is 3. The molecule has 0 spiro atoms. The zero-order chi connectivity index (χ0) is 21.8. The maximum Gasteiger partial charge on any atom is 0.176 e. The van der Waals surface area contributed by atoms with Gasteiger partial charge in [-0.25, -0.2) is 4.39 Å². The number of nitrogens with one attached hydrogen (secondary N) is 2. The van der Waals surface area contributed by atoms with Crippen molar-refractivity contribution in [2.45, 2.75) is 20.0 Å². The quantitative estimate of drug-likeness (QED) is 0.397. The molecule has 4 rings (SSSR count). The first kappa shape index (κ1) is 21.0. The van der Waals surface area contributed by atoms with Crippen LogP contribution in [0.3, 0.4) is 0 Å². The summed E-state index contributed by atoms with van der Waals surface area (Å²) in [5, 5.41) is 16.2. The lowest BCUT2D eigenvalue weighted by molar-refractivity contribution is 0.624. The molecule has 9 heteroatoms.